The van der Waals surface area contributed by atoms with E-state index >= 15 is 0 Å². The van der Waals surface area contributed by atoms with Crippen molar-refractivity contribution >= 4 is 11.8 Å². The fraction of sp³-hybridized carbons (Fsp3) is 0.636. The summed E-state index contributed by atoms with van der Waals surface area (Å²) in [5, 5.41) is 0. The summed E-state index contributed by atoms with van der Waals surface area (Å²) in [5.41, 5.74) is 0. The van der Waals surface area contributed by atoms with Crippen LogP contribution in [-0.4, -0.2) is 73.3 Å². The summed E-state index contributed by atoms with van der Waals surface area (Å²) in [6.45, 7) is 6.79. The van der Waals surface area contributed by atoms with Crippen molar-refractivity contribution in [2.45, 2.75) is 0 Å². The zero-order valence-corrected chi connectivity index (χ0v) is 9.98. The molecule has 0 unspecified atom stereocenters. The van der Waals surface area contributed by atoms with Gasteiger partial charge in [0.15, 0.2) is 0 Å². The van der Waals surface area contributed by atoms with E-state index in [1.165, 1.54) is 11.0 Å². The number of amides is 2. The Morgan fingerprint density at radius 3 is 2.38 bits per heavy atom. The highest BCUT2D eigenvalue weighted by molar-refractivity contribution is 5.90. The van der Waals surface area contributed by atoms with Crippen molar-refractivity contribution in [2.75, 3.05) is 46.8 Å². The van der Waals surface area contributed by atoms with E-state index in [4.69, 9.17) is 0 Å². The van der Waals surface area contributed by atoms with Gasteiger partial charge in [0.2, 0.25) is 11.8 Å². The van der Waals surface area contributed by atoms with Gasteiger partial charge in [0.1, 0.15) is 0 Å². The Hall–Kier alpha value is -1.36. The van der Waals surface area contributed by atoms with Crippen molar-refractivity contribution in [1.82, 2.24) is 14.7 Å². The molecule has 0 aromatic carbocycles. The molecule has 90 valence electrons. The van der Waals surface area contributed by atoms with Crippen LogP contribution in [0.3, 0.4) is 0 Å². The standard InChI is InChI=1S/C11H19N3O2/c1-4-10(15)13(3)9-11(16)14-7-5-12(2)6-8-14/h4H,1,5-9H2,2-3H3. The van der Waals surface area contributed by atoms with Crippen LogP contribution in [0.2, 0.25) is 0 Å². The molecule has 1 fully saturated rings. The number of nitrogens with zero attached hydrogens (tertiary/aromatic N) is 3. The minimum atomic E-state index is -0.220. The Labute approximate surface area is 96.3 Å². The topological polar surface area (TPSA) is 43.9 Å². The highest BCUT2D eigenvalue weighted by Crippen LogP contribution is 2.00. The van der Waals surface area contributed by atoms with E-state index in [-0.39, 0.29) is 18.4 Å². The maximum Gasteiger partial charge on any atom is 0.246 e. The molecule has 5 nitrogen and oxygen atoms in total. The van der Waals surface area contributed by atoms with E-state index in [0.717, 1.165) is 26.2 Å². The number of carbonyl (C=O) groups excluding carboxylic acids is 2. The third-order valence-electron chi connectivity index (χ3n) is 2.78. The molecule has 0 aliphatic carbocycles. The second-order valence-electron chi connectivity index (χ2n) is 4.08. The van der Waals surface area contributed by atoms with E-state index in [1.807, 2.05) is 7.05 Å². The molecular weight excluding hydrogens is 206 g/mol. The normalized spacial score (nSPS) is 17.0. The lowest BCUT2D eigenvalue weighted by atomic mass is 10.3. The summed E-state index contributed by atoms with van der Waals surface area (Å²) in [6, 6.07) is 0. The third kappa shape index (κ3) is 3.34. The minimum absolute atomic E-state index is 0.00537. The molecule has 16 heavy (non-hydrogen) atoms. The van der Waals surface area contributed by atoms with Crippen molar-refractivity contribution in [3.8, 4) is 0 Å². The minimum Gasteiger partial charge on any atom is -0.339 e. The molecule has 1 heterocycles. The van der Waals surface area contributed by atoms with E-state index in [9.17, 15) is 9.59 Å². The average molecular weight is 225 g/mol. The first-order chi connectivity index (χ1) is 7.54. The van der Waals surface area contributed by atoms with Gasteiger partial charge in [-0.1, -0.05) is 6.58 Å². The zero-order chi connectivity index (χ0) is 12.1. The molecule has 0 atom stereocenters. The number of piperazine rings is 1. The first-order valence-corrected chi connectivity index (χ1v) is 5.38. The van der Waals surface area contributed by atoms with Gasteiger partial charge < -0.3 is 14.7 Å². The summed E-state index contributed by atoms with van der Waals surface area (Å²) in [4.78, 5) is 28.4. The number of rotatable bonds is 3. The molecule has 0 N–H and O–H groups in total. The van der Waals surface area contributed by atoms with Crippen molar-refractivity contribution < 1.29 is 9.59 Å². The van der Waals surface area contributed by atoms with Crippen LogP contribution in [0.25, 0.3) is 0 Å². The van der Waals surface area contributed by atoms with Crippen LogP contribution in [-0.2, 0) is 9.59 Å². The van der Waals surface area contributed by atoms with Gasteiger partial charge in [0.05, 0.1) is 6.54 Å². The second kappa shape index (κ2) is 5.65. The summed E-state index contributed by atoms with van der Waals surface area (Å²) < 4.78 is 0. The summed E-state index contributed by atoms with van der Waals surface area (Å²) in [7, 11) is 3.65. The lowest BCUT2D eigenvalue weighted by Gasteiger charge is -2.33. The van der Waals surface area contributed by atoms with Gasteiger partial charge in [0.25, 0.3) is 0 Å². The van der Waals surface area contributed by atoms with Crippen molar-refractivity contribution in [3.05, 3.63) is 12.7 Å². The van der Waals surface area contributed by atoms with Crippen LogP contribution in [0.1, 0.15) is 0 Å². The van der Waals surface area contributed by atoms with Gasteiger partial charge in [-0.15, -0.1) is 0 Å². The first kappa shape index (κ1) is 12.7. The van der Waals surface area contributed by atoms with E-state index < -0.39 is 0 Å². The Kier molecular flexibility index (Phi) is 4.49. The lowest BCUT2D eigenvalue weighted by molar-refractivity contribution is -0.138. The fourth-order valence-corrected chi connectivity index (χ4v) is 1.59. The monoisotopic (exact) mass is 225 g/mol. The second-order valence-corrected chi connectivity index (χ2v) is 4.08. The van der Waals surface area contributed by atoms with Crippen LogP contribution in [0.5, 0.6) is 0 Å². The van der Waals surface area contributed by atoms with Crippen LogP contribution in [0.4, 0.5) is 0 Å². The predicted molar refractivity (Wildman–Crippen MR) is 61.9 cm³/mol. The number of carbonyl (C=O) groups is 2. The highest BCUT2D eigenvalue weighted by Gasteiger charge is 2.20. The van der Waals surface area contributed by atoms with E-state index in [2.05, 4.69) is 11.5 Å². The largest absolute Gasteiger partial charge is 0.339 e. The Bertz CT molecular complexity index is 283. The average Bonchev–Trinajstić information content (AvgIpc) is 2.28. The molecular formula is C11H19N3O2. The predicted octanol–water partition coefficient (Wildman–Crippen LogP) is -0.595. The molecule has 0 radical (unpaired) electrons. The van der Waals surface area contributed by atoms with Crippen LogP contribution in [0, 0.1) is 0 Å². The van der Waals surface area contributed by atoms with E-state index in [1.54, 1.807) is 11.9 Å². The molecule has 2 amide bonds. The fourth-order valence-electron chi connectivity index (χ4n) is 1.59. The van der Waals surface area contributed by atoms with Crippen LogP contribution in [0.15, 0.2) is 12.7 Å². The van der Waals surface area contributed by atoms with Gasteiger partial charge in [-0.2, -0.15) is 0 Å². The van der Waals surface area contributed by atoms with Crippen LogP contribution >= 0.6 is 0 Å². The maximum absolute atomic E-state index is 11.8. The summed E-state index contributed by atoms with van der Waals surface area (Å²) >= 11 is 0. The Morgan fingerprint density at radius 1 is 1.31 bits per heavy atom. The molecule has 1 aliphatic rings. The Morgan fingerprint density at radius 2 is 1.88 bits per heavy atom. The smallest absolute Gasteiger partial charge is 0.246 e. The molecule has 1 saturated heterocycles. The molecule has 1 aliphatic heterocycles. The number of likely N-dealkylation sites (N-methyl/N-ethyl adjacent to an activating group) is 2. The SMILES string of the molecule is C=CC(=O)N(C)CC(=O)N1CCN(C)CC1. The van der Waals surface area contributed by atoms with Crippen molar-refractivity contribution in [3.63, 3.8) is 0 Å². The Balaban J connectivity index is 2.40. The maximum atomic E-state index is 11.8. The molecule has 0 bridgehead atoms. The summed E-state index contributed by atoms with van der Waals surface area (Å²) in [6.07, 6.45) is 1.22. The van der Waals surface area contributed by atoms with E-state index in [0.29, 0.717) is 0 Å². The summed E-state index contributed by atoms with van der Waals surface area (Å²) in [5.74, 6) is -0.215. The van der Waals surface area contributed by atoms with Gasteiger partial charge in [0, 0.05) is 33.2 Å². The molecule has 0 aromatic heterocycles. The molecule has 1 rings (SSSR count). The quantitative estimate of drug-likeness (QED) is 0.603. The molecule has 0 saturated carbocycles. The molecule has 5 heteroatoms. The van der Waals surface area contributed by atoms with Crippen molar-refractivity contribution in [2.24, 2.45) is 0 Å². The van der Waals surface area contributed by atoms with Crippen molar-refractivity contribution in [1.29, 1.82) is 0 Å². The molecule has 0 spiro atoms. The van der Waals surface area contributed by atoms with Gasteiger partial charge in [-0.25, -0.2) is 0 Å². The lowest BCUT2D eigenvalue weighted by Crippen LogP contribution is -2.50. The van der Waals surface area contributed by atoms with Gasteiger partial charge in [-0.3, -0.25) is 9.59 Å². The number of hydrogen-bond donors (Lipinski definition) is 0. The van der Waals surface area contributed by atoms with Gasteiger partial charge in [-0.05, 0) is 13.1 Å². The zero-order valence-electron chi connectivity index (χ0n) is 9.98. The van der Waals surface area contributed by atoms with Crippen LogP contribution < -0.4 is 0 Å². The highest BCUT2D eigenvalue weighted by atomic mass is 16.2. The first-order valence-electron chi connectivity index (χ1n) is 5.38. The molecule has 0 aromatic rings. The number of hydrogen-bond acceptors (Lipinski definition) is 3. The third-order valence-corrected chi connectivity index (χ3v) is 2.78. The van der Waals surface area contributed by atoms with Gasteiger partial charge >= 0.3 is 0 Å².